The van der Waals surface area contributed by atoms with Gasteiger partial charge in [-0.3, -0.25) is 4.98 Å². The molecule has 0 bridgehead atoms. The third-order valence-corrected chi connectivity index (χ3v) is 4.20. The molecule has 5 heteroatoms. The third kappa shape index (κ3) is 2.45. The lowest BCUT2D eigenvalue weighted by Gasteiger charge is -2.13. The van der Waals surface area contributed by atoms with Crippen molar-refractivity contribution in [3.8, 4) is 11.5 Å². The van der Waals surface area contributed by atoms with Gasteiger partial charge in [-0.15, -0.1) is 10.2 Å². The van der Waals surface area contributed by atoms with Crippen LogP contribution in [0.3, 0.4) is 0 Å². The first-order chi connectivity index (χ1) is 9.88. The summed E-state index contributed by atoms with van der Waals surface area (Å²) in [6, 6.07) is 3.79. The second kappa shape index (κ2) is 4.98. The molecule has 1 saturated heterocycles. The fraction of sp³-hybridized carbons (Fsp3) is 0.533. The first kappa shape index (κ1) is 12.0. The minimum Gasteiger partial charge on any atom is -0.420 e. The number of nitrogens with zero attached hydrogens (tertiary/aromatic N) is 4. The highest BCUT2D eigenvalue weighted by Crippen LogP contribution is 2.34. The van der Waals surface area contributed by atoms with Crippen molar-refractivity contribution >= 4 is 0 Å². The minimum atomic E-state index is 0.400. The van der Waals surface area contributed by atoms with Crippen molar-refractivity contribution in [2.24, 2.45) is 5.92 Å². The number of pyridine rings is 1. The third-order valence-electron chi connectivity index (χ3n) is 4.20. The van der Waals surface area contributed by atoms with Gasteiger partial charge in [0, 0.05) is 31.0 Å². The topological polar surface area (TPSA) is 55.1 Å². The predicted molar refractivity (Wildman–Crippen MR) is 74.1 cm³/mol. The van der Waals surface area contributed by atoms with Crippen molar-refractivity contribution in [2.75, 3.05) is 19.6 Å². The van der Waals surface area contributed by atoms with E-state index in [1.165, 1.54) is 19.4 Å². The van der Waals surface area contributed by atoms with E-state index in [2.05, 4.69) is 20.1 Å². The number of aromatic nitrogens is 3. The summed E-state index contributed by atoms with van der Waals surface area (Å²) >= 11 is 0. The quantitative estimate of drug-likeness (QED) is 0.853. The lowest BCUT2D eigenvalue weighted by Crippen LogP contribution is -2.22. The Morgan fingerprint density at radius 2 is 2.00 bits per heavy atom. The highest BCUT2D eigenvalue weighted by Gasteiger charge is 2.32. The van der Waals surface area contributed by atoms with Crippen LogP contribution in [-0.4, -0.2) is 39.7 Å². The van der Waals surface area contributed by atoms with Gasteiger partial charge in [0.1, 0.15) is 0 Å². The van der Waals surface area contributed by atoms with Crippen LogP contribution < -0.4 is 0 Å². The molecule has 2 aromatic rings. The maximum atomic E-state index is 5.85. The molecule has 2 aliphatic rings. The molecule has 20 heavy (non-hydrogen) atoms. The van der Waals surface area contributed by atoms with Crippen molar-refractivity contribution in [1.29, 1.82) is 0 Å². The highest BCUT2D eigenvalue weighted by atomic mass is 16.4. The van der Waals surface area contributed by atoms with E-state index in [9.17, 15) is 0 Å². The number of rotatable bonds is 4. The van der Waals surface area contributed by atoms with E-state index in [1.54, 1.807) is 12.4 Å². The van der Waals surface area contributed by atoms with E-state index < -0.39 is 0 Å². The molecule has 0 aromatic carbocycles. The van der Waals surface area contributed by atoms with E-state index in [0.717, 1.165) is 36.9 Å². The molecule has 1 atom stereocenters. The van der Waals surface area contributed by atoms with Gasteiger partial charge in [0.25, 0.3) is 0 Å². The molecular weight excluding hydrogens is 252 g/mol. The van der Waals surface area contributed by atoms with Crippen LogP contribution in [0.15, 0.2) is 28.9 Å². The molecule has 0 spiro atoms. The predicted octanol–water partition coefficient (Wildman–Crippen LogP) is 2.33. The zero-order valence-electron chi connectivity index (χ0n) is 11.4. The van der Waals surface area contributed by atoms with Gasteiger partial charge in [-0.1, -0.05) is 0 Å². The summed E-state index contributed by atoms with van der Waals surface area (Å²) in [6.45, 7) is 3.48. The Kier molecular flexibility index (Phi) is 2.99. The normalized spacial score (nSPS) is 23.3. The molecular formula is C15H18N4O. The van der Waals surface area contributed by atoms with E-state index >= 15 is 0 Å². The monoisotopic (exact) mass is 270 g/mol. The Balaban J connectivity index is 1.45. The molecule has 2 fully saturated rings. The summed E-state index contributed by atoms with van der Waals surface area (Å²) < 4.78 is 5.85. The molecule has 0 N–H and O–H groups in total. The summed E-state index contributed by atoms with van der Waals surface area (Å²) in [5, 5.41) is 8.41. The Morgan fingerprint density at radius 1 is 1.15 bits per heavy atom. The van der Waals surface area contributed by atoms with Crippen LogP contribution in [-0.2, 0) is 0 Å². The summed E-state index contributed by atoms with van der Waals surface area (Å²) in [5.74, 6) is 2.74. The van der Waals surface area contributed by atoms with Gasteiger partial charge in [0.2, 0.25) is 11.8 Å². The fourth-order valence-electron chi connectivity index (χ4n) is 2.88. The van der Waals surface area contributed by atoms with Crippen LogP contribution in [0, 0.1) is 5.92 Å². The summed E-state index contributed by atoms with van der Waals surface area (Å²) in [6.07, 6.45) is 7.44. The first-order valence-corrected chi connectivity index (χ1v) is 7.34. The molecule has 1 aliphatic heterocycles. The molecule has 104 valence electrons. The van der Waals surface area contributed by atoms with Gasteiger partial charge < -0.3 is 9.32 Å². The lowest BCUT2D eigenvalue weighted by atomic mass is 10.1. The molecule has 2 aromatic heterocycles. The Morgan fingerprint density at radius 3 is 2.80 bits per heavy atom. The van der Waals surface area contributed by atoms with Gasteiger partial charge in [-0.25, -0.2) is 0 Å². The standard InChI is InChI=1S/C15H18N4O/c1-2-11(1)9-19-8-5-13(10-19)15-18-17-14(20-15)12-3-6-16-7-4-12/h3-4,6-7,11,13H,1-2,5,8-10H2. The summed E-state index contributed by atoms with van der Waals surface area (Å²) in [7, 11) is 0. The molecule has 4 rings (SSSR count). The lowest BCUT2D eigenvalue weighted by molar-refractivity contribution is 0.314. The van der Waals surface area contributed by atoms with Crippen LogP contribution in [0.4, 0.5) is 0 Å². The van der Waals surface area contributed by atoms with Gasteiger partial charge in [0.05, 0.1) is 5.92 Å². The Labute approximate surface area is 118 Å². The van der Waals surface area contributed by atoms with E-state index in [-0.39, 0.29) is 0 Å². The van der Waals surface area contributed by atoms with E-state index in [0.29, 0.717) is 11.8 Å². The van der Waals surface area contributed by atoms with Crippen LogP contribution in [0.2, 0.25) is 0 Å². The molecule has 0 amide bonds. The minimum absolute atomic E-state index is 0.400. The first-order valence-electron chi connectivity index (χ1n) is 7.34. The zero-order chi connectivity index (χ0) is 13.4. The molecule has 1 saturated carbocycles. The van der Waals surface area contributed by atoms with Gasteiger partial charge >= 0.3 is 0 Å². The molecule has 0 radical (unpaired) electrons. The highest BCUT2D eigenvalue weighted by molar-refractivity contribution is 5.50. The molecule has 1 unspecified atom stereocenters. The molecule has 3 heterocycles. The smallest absolute Gasteiger partial charge is 0.247 e. The average molecular weight is 270 g/mol. The maximum Gasteiger partial charge on any atom is 0.247 e. The molecule has 1 aliphatic carbocycles. The van der Waals surface area contributed by atoms with Gasteiger partial charge in [0.15, 0.2) is 0 Å². The van der Waals surface area contributed by atoms with Gasteiger partial charge in [-0.2, -0.15) is 0 Å². The molecule has 5 nitrogen and oxygen atoms in total. The van der Waals surface area contributed by atoms with E-state index in [4.69, 9.17) is 4.42 Å². The second-order valence-electron chi connectivity index (χ2n) is 5.87. The zero-order valence-corrected chi connectivity index (χ0v) is 11.4. The van der Waals surface area contributed by atoms with Crippen LogP contribution in [0.5, 0.6) is 0 Å². The number of hydrogen-bond acceptors (Lipinski definition) is 5. The average Bonchev–Trinajstić information content (AvgIpc) is 2.99. The van der Waals surface area contributed by atoms with Gasteiger partial charge in [-0.05, 0) is 43.9 Å². The summed E-state index contributed by atoms with van der Waals surface area (Å²) in [5.41, 5.74) is 0.937. The van der Waals surface area contributed by atoms with Crippen molar-refractivity contribution in [3.05, 3.63) is 30.4 Å². The fourth-order valence-corrected chi connectivity index (χ4v) is 2.88. The van der Waals surface area contributed by atoms with Crippen molar-refractivity contribution in [1.82, 2.24) is 20.1 Å². The van der Waals surface area contributed by atoms with Crippen molar-refractivity contribution in [2.45, 2.75) is 25.2 Å². The van der Waals surface area contributed by atoms with Crippen molar-refractivity contribution < 1.29 is 4.42 Å². The van der Waals surface area contributed by atoms with Crippen LogP contribution in [0.1, 0.15) is 31.1 Å². The largest absolute Gasteiger partial charge is 0.420 e. The Hall–Kier alpha value is -1.75. The van der Waals surface area contributed by atoms with E-state index in [1.807, 2.05) is 12.1 Å². The van der Waals surface area contributed by atoms with Crippen LogP contribution >= 0.6 is 0 Å². The Bertz CT molecular complexity index is 579. The SMILES string of the molecule is c1cc(-c2nnc(C3CCN(CC4CC4)C3)o2)ccn1. The summed E-state index contributed by atoms with van der Waals surface area (Å²) in [4.78, 5) is 6.54. The number of hydrogen-bond donors (Lipinski definition) is 0. The van der Waals surface area contributed by atoms with Crippen molar-refractivity contribution in [3.63, 3.8) is 0 Å². The van der Waals surface area contributed by atoms with Crippen LogP contribution in [0.25, 0.3) is 11.5 Å². The second-order valence-corrected chi connectivity index (χ2v) is 5.87. The maximum absolute atomic E-state index is 5.85. The number of likely N-dealkylation sites (tertiary alicyclic amines) is 1.